The first-order valence-electron chi connectivity index (χ1n) is 6.37. The maximum Gasteiger partial charge on any atom is 0.326 e. The molecule has 0 aliphatic carbocycles. The molecule has 2 rings (SSSR count). The minimum absolute atomic E-state index is 0.244. The number of benzene rings is 1. The number of carbonyl (C=O) groups excluding carboxylic acids is 1. The van der Waals surface area contributed by atoms with Crippen molar-refractivity contribution in [2.45, 2.75) is 12.5 Å². The van der Waals surface area contributed by atoms with E-state index in [-0.39, 0.29) is 6.42 Å². The van der Waals surface area contributed by atoms with Crippen molar-refractivity contribution in [2.75, 3.05) is 0 Å². The first-order valence-corrected chi connectivity index (χ1v) is 7.16. The second-order valence-electron chi connectivity index (χ2n) is 4.71. The highest BCUT2D eigenvalue weighted by molar-refractivity contribution is 9.10. The van der Waals surface area contributed by atoms with Crippen molar-refractivity contribution in [3.63, 3.8) is 0 Å². The first kappa shape index (κ1) is 15.3. The molecule has 0 aliphatic rings. The summed E-state index contributed by atoms with van der Waals surface area (Å²) in [5.41, 5.74) is 1.26. The van der Waals surface area contributed by atoms with E-state index in [9.17, 15) is 14.7 Å². The van der Waals surface area contributed by atoms with Gasteiger partial charge in [0, 0.05) is 24.1 Å². The fourth-order valence-electron chi connectivity index (χ4n) is 2.03. The van der Waals surface area contributed by atoms with Crippen LogP contribution in [0.25, 0.3) is 0 Å². The largest absolute Gasteiger partial charge is 0.480 e. The molecule has 0 saturated carbocycles. The third-order valence-corrected chi connectivity index (χ3v) is 3.52. The molecule has 2 N–H and O–H groups in total. The number of nitrogens with one attached hydrogen (secondary N) is 1. The van der Waals surface area contributed by atoms with Gasteiger partial charge in [-0.05, 0) is 27.6 Å². The van der Waals surface area contributed by atoms with Gasteiger partial charge in [0.05, 0.1) is 0 Å². The summed E-state index contributed by atoms with van der Waals surface area (Å²) in [6.45, 7) is 0. The van der Waals surface area contributed by atoms with Crippen LogP contribution < -0.4 is 5.32 Å². The maximum atomic E-state index is 12.2. The fourth-order valence-corrected chi connectivity index (χ4v) is 2.56. The molecule has 0 fully saturated rings. The van der Waals surface area contributed by atoms with Crippen molar-refractivity contribution >= 4 is 27.8 Å². The SMILES string of the molecule is Cn1cc(Br)cc1C(=O)N[C@@H](Cc1ccccc1)C(=O)O. The van der Waals surface area contributed by atoms with E-state index in [0.29, 0.717) is 5.69 Å². The van der Waals surface area contributed by atoms with Crippen molar-refractivity contribution in [1.29, 1.82) is 0 Å². The number of carboxylic acid groups (broad SMARTS) is 1. The van der Waals surface area contributed by atoms with Crippen molar-refractivity contribution in [3.05, 3.63) is 58.3 Å². The normalized spacial score (nSPS) is 11.9. The number of carbonyl (C=O) groups is 2. The Morgan fingerprint density at radius 2 is 2.00 bits per heavy atom. The van der Waals surface area contributed by atoms with Gasteiger partial charge in [0.25, 0.3) is 5.91 Å². The molecule has 1 amide bonds. The molecular weight excluding hydrogens is 336 g/mol. The highest BCUT2D eigenvalue weighted by Crippen LogP contribution is 2.14. The minimum atomic E-state index is -1.06. The Morgan fingerprint density at radius 1 is 1.33 bits per heavy atom. The van der Waals surface area contributed by atoms with Crippen LogP contribution in [0.3, 0.4) is 0 Å². The molecule has 2 aromatic rings. The lowest BCUT2D eigenvalue weighted by molar-refractivity contribution is -0.139. The summed E-state index contributed by atoms with van der Waals surface area (Å²) in [6, 6.07) is 9.89. The third kappa shape index (κ3) is 3.95. The van der Waals surface area contributed by atoms with Crippen molar-refractivity contribution < 1.29 is 14.7 Å². The molecule has 0 radical (unpaired) electrons. The Balaban J connectivity index is 2.11. The monoisotopic (exact) mass is 350 g/mol. The molecule has 6 heteroatoms. The summed E-state index contributed by atoms with van der Waals surface area (Å²) in [7, 11) is 1.73. The number of carboxylic acids is 1. The summed E-state index contributed by atoms with van der Waals surface area (Å²) in [4.78, 5) is 23.5. The second-order valence-corrected chi connectivity index (χ2v) is 5.62. The maximum absolute atomic E-state index is 12.2. The molecular formula is C15H15BrN2O3. The Labute approximate surface area is 130 Å². The Kier molecular flexibility index (Phi) is 4.80. The molecule has 1 aromatic carbocycles. The number of aryl methyl sites for hydroxylation is 1. The molecule has 21 heavy (non-hydrogen) atoms. The van der Waals surface area contributed by atoms with Gasteiger partial charge in [-0.15, -0.1) is 0 Å². The lowest BCUT2D eigenvalue weighted by atomic mass is 10.1. The van der Waals surface area contributed by atoms with Crippen molar-refractivity contribution in [2.24, 2.45) is 7.05 Å². The Morgan fingerprint density at radius 3 is 2.52 bits per heavy atom. The van der Waals surface area contributed by atoms with E-state index < -0.39 is 17.9 Å². The van der Waals surface area contributed by atoms with Crippen LogP contribution in [0.15, 0.2) is 47.1 Å². The molecule has 1 atom stereocenters. The first-order chi connectivity index (χ1) is 9.97. The lowest BCUT2D eigenvalue weighted by Crippen LogP contribution is -2.42. The number of amides is 1. The zero-order valence-electron chi connectivity index (χ0n) is 11.4. The number of hydrogen-bond donors (Lipinski definition) is 2. The molecule has 1 heterocycles. The Bertz CT molecular complexity index is 652. The highest BCUT2D eigenvalue weighted by Gasteiger charge is 2.22. The van der Waals surface area contributed by atoms with Crippen LogP contribution in [0.5, 0.6) is 0 Å². The van der Waals surface area contributed by atoms with Crippen LogP contribution in [-0.4, -0.2) is 27.6 Å². The number of hydrogen-bond acceptors (Lipinski definition) is 2. The van der Waals surface area contributed by atoms with Gasteiger partial charge < -0.3 is 15.0 Å². The van der Waals surface area contributed by atoms with Gasteiger partial charge in [0.2, 0.25) is 0 Å². The van der Waals surface area contributed by atoms with E-state index in [1.807, 2.05) is 30.3 Å². The van der Waals surface area contributed by atoms with Gasteiger partial charge in [-0.1, -0.05) is 30.3 Å². The van der Waals surface area contributed by atoms with Crippen molar-refractivity contribution in [3.8, 4) is 0 Å². The number of aliphatic carboxylic acids is 1. The summed E-state index contributed by atoms with van der Waals surface area (Å²) in [5.74, 6) is -1.47. The summed E-state index contributed by atoms with van der Waals surface area (Å²) >= 11 is 3.28. The number of rotatable bonds is 5. The summed E-state index contributed by atoms with van der Waals surface area (Å²) < 4.78 is 2.41. The van der Waals surface area contributed by atoms with Gasteiger partial charge in [-0.25, -0.2) is 4.79 Å². The molecule has 0 saturated heterocycles. The van der Waals surface area contributed by atoms with Gasteiger partial charge in [-0.2, -0.15) is 0 Å². The van der Waals surface area contributed by atoms with Crippen LogP contribution >= 0.6 is 15.9 Å². The van der Waals surface area contributed by atoms with E-state index in [0.717, 1.165) is 10.0 Å². The minimum Gasteiger partial charge on any atom is -0.480 e. The predicted molar refractivity (Wildman–Crippen MR) is 82.1 cm³/mol. The highest BCUT2D eigenvalue weighted by atomic mass is 79.9. The topological polar surface area (TPSA) is 71.3 Å². The second kappa shape index (κ2) is 6.58. The third-order valence-electron chi connectivity index (χ3n) is 3.09. The average Bonchev–Trinajstić information content (AvgIpc) is 2.78. The average molecular weight is 351 g/mol. The summed E-state index contributed by atoms with van der Waals surface area (Å²) in [5, 5.41) is 11.8. The van der Waals surface area contributed by atoms with Crippen LogP contribution in [0.1, 0.15) is 16.1 Å². The number of nitrogens with zero attached hydrogens (tertiary/aromatic N) is 1. The number of aromatic nitrogens is 1. The predicted octanol–water partition coefficient (Wildman–Crippen LogP) is 2.21. The van der Waals surface area contributed by atoms with E-state index in [1.165, 1.54) is 0 Å². The van der Waals surface area contributed by atoms with E-state index in [4.69, 9.17) is 0 Å². The Hall–Kier alpha value is -2.08. The van der Waals surface area contributed by atoms with E-state index in [1.54, 1.807) is 23.9 Å². The zero-order valence-corrected chi connectivity index (χ0v) is 13.0. The molecule has 0 aliphatic heterocycles. The molecule has 0 spiro atoms. The van der Waals surface area contributed by atoms with E-state index >= 15 is 0 Å². The lowest BCUT2D eigenvalue weighted by Gasteiger charge is -2.15. The molecule has 0 unspecified atom stereocenters. The molecule has 0 bridgehead atoms. The van der Waals surface area contributed by atoms with Gasteiger partial charge in [0.1, 0.15) is 11.7 Å². The summed E-state index contributed by atoms with van der Waals surface area (Å²) in [6.07, 6.45) is 1.98. The van der Waals surface area contributed by atoms with E-state index in [2.05, 4.69) is 21.2 Å². The molecule has 1 aromatic heterocycles. The smallest absolute Gasteiger partial charge is 0.326 e. The van der Waals surface area contributed by atoms with Gasteiger partial charge in [-0.3, -0.25) is 4.79 Å². The van der Waals surface area contributed by atoms with Crippen LogP contribution in [-0.2, 0) is 18.3 Å². The quantitative estimate of drug-likeness (QED) is 0.868. The van der Waals surface area contributed by atoms with Crippen LogP contribution in [0.2, 0.25) is 0 Å². The van der Waals surface area contributed by atoms with Crippen molar-refractivity contribution in [1.82, 2.24) is 9.88 Å². The van der Waals surface area contributed by atoms with Gasteiger partial charge >= 0.3 is 5.97 Å². The van der Waals surface area contributed by atoms with Crippen LogP contribution in [0, 0.1) is 0 Å². The molecule has 5 nitrogen and oxygen atoms in total. The van der Waals surface area contributed by atoms with Crippen LogP contribution in [0.4, 0.5) is 0 Å². The number of halogens is 1. The van der Waals surface area contributed by atoms with Gasteiger partial charge in [0.15, 0.2) is 0 Å². The standard InChI is InChI=1S/C15H15BrN2O3/c1-18-9-11(16)8-13(18)14(19)17-12(15(20)21)7-10-5-3-2-4-6-10/h2-6,8-9,12H,7H2,1H3,(H,17,19)(H,20,21)/t12-/m0/s1. The fraction of sp³-hybridized carbons (Fsp3) is 0.200. The zero-order chi connectivity index (χ0) is 15.4. The molecule has 110 valence electrons.